The number of hydrogen-bond donors (Lipinski definition) is 2. The van der Waals surface area contributed by atoms with Crippen LogP contribution in [0, 0.1) is 0 Å². The summed E-state index contributed by atoms with van der Waals surface area (Å²) in [4.78, 5) is 8.90. The maximum atomic E-state index is 11.4. The second-order valence-electron chi connectivity index (χ2n) is 2.22. The molecule has 0 saturated heterocycles. The average molecular weight is 189 g/mol. The molecule has 0 spiro atoms. The van der Waals surface area contributed by atoms with Crippen LogP contribution >= 0.6 is 0 Å². The Kier molecular flexibility index (Phi) is 3.44. The Morgan fingerprint density at radius 1 is 1.50 bits per heavy atom. The number of carboxylic acids is 1. The van der Waals surface area contributed by atoms with Crippen LogP contribution in [0.15, 0.2) is 0 Å². The van der Waals surface area contributed by atoms with Gasteiger partial charge in [-0.15, -0.1) is 0 Å². The van der Waals surface area contributed by atoms with E-state index in [4.69, 9.17) is 15.6 Å². The molecular formula is C5H7F4NO2. The molecule has 0 radical (unpaired) electrons. The van der Waals surface area contributed by atoms with Crippen LogP contribution in [-0.4, -0.2) is 29.5 Å². The second kappa shape index (κ2) is 3.70. The van der Waals surface area contributed by atoms with Crippen LogP contribution in [0.3, 0.4) is 0 Å². The smallest absolute Gasteiger partial charge is 0.475 e. The van der Waals surface area contributed by atoms with Gasteiger partial charge in [0, 0.05) is 6.04 Å². The monoisotopic (exact) mass is 189 g/mol. The SMILES string of the molecule is NC1CC1F.O=C(O)C(F)(F)F. The summed E-state index contributed by atoms with van der Waals surface area (Å²) in [6, 6.07) is -0.116. The van der Waals surface area contributed by atoms with Crippen molar-refractivity contribution in [1.29, 1.82) is 0 Å². The van der Waals surface area contributed by atoms with Crippen LogP contribution in [0.1, 0.15) is 6.42 Å². The van der Waals surface area contributed by atoms with Crippen LogP contribution in [0.2, 0.25) is 0 Å². The quantitative estimate of drug-likeness (QED) is 0.551. The van der Waals surface area contributed by atoms with Gasteiger partial charge in [0.15, 0.2) is 0 Å². The highest BCUT2D eigenvalue weighted by Crippen LogP contribution is 2.21. The minimum atomic E-state index is -5.08. The Morgan fingerprint density at radius 2 is 1.67 bits per heavy atom. The van der Waals surface area contributed by atoms with Crippen LogP contribution in [-0.2, 0) is 4.79 Å². The van der Waals surface area contributed by atoms with E-state index in [1.165, 1.54) is 0 Å². The highest BCUT2D eigenvalue weighted by Gasteiger charge is 2.38. The predicted molar refractivity (Wildman–Crippen MR) is 31.2 cm³/mol. The Labute approximate surface area is 65.2 Å². The summed E-state index contributed by atoms with van der Waals surface area (Å²) < 4.78 is 43.1. The minimum Gasteiger partial charge on any atom is -0.475 e. The zero-order valence-electron chi connectivity index (χ0n) is 5.81. The molecule has 3 nitrogen and oxygen atoms in total. The van der Waals surface area contributed by atoms with Gasteiger partial charge in [-0.2, -0.15) is 13.2 Å². The van der Waals surface area contributed by atoms with E-state index in [0.29, 0.717) is 6.42 Å². The zero-order valence-corrected chi connectivity index (χ0v) is 5.81. The topological polar surface area (TPSA) is 63.3 Å². The molecule has 1 saturated carbocycles. The van der Waals surface area contributed by atoms with Crippen molar-refractivity contribution in [2.24, 2.45) is 5.73 Å². The van der Waals surface area contributed by atoms with E-state index in [1.54, 1.807) is 0 Å². The zero-order chi connectivity index (χ0) is 9.94. The Morgan fingerprint density at radius 3 is 1.67 bits per heavy atom. The van der Waals surface area contributed by atoms with Gasteiger partial charge in [0.1, 0.15) is 6.17 Å². The van der Waals surface area contributed by atoms with Gasteiger partial charge in [-0.3, -0.25) is 0 Å². The lowest BCUT2D eigenvalue weighted by molar-refractivity contribution is -0.192. The highest BCUT2D eigenvalue weighted by atomic mass is 19.4. The lowest BCUT2D eigenvalue weighted by Gasteiger charge is -1.93. The number of nitrogens with two attached hydrogens (primary N) is 1. The molecule has 12 heavy (non-hydrogen) atoms. The molecule has 2 atom stereocenters. The molecule has 0 aromatic carbocycles. The van der Waals surface area contributed by atoms with E-state index in [1.807, 2.05) is 0 Å². The molecule has 0 aliphatic heterocycles. The molecule has 1 aliphatic rings. The van der Waals surface area contributed by atoms with Gasteiger partial charge in [0.2, 0.25) is 0 Å². The molecule has 1 fully saturated rings. The molecule has 3 N–H and O–H groups in total. The maximum absolute atomic E-state index is 11.4. The first-order chi connectivity index (χ1) is 5.25. The molecule has 0 amide bonds. The van der Waals surface area contributed by atoms with Gasteiger partial charge in [-0.05, 0) is 6.42 Å². The van der Waals surface area contributed by atoms with E-state index in [-0.39, 0.29) is 6.04 Å². The lowest BCUT2D eigenvalue weighted by atomic mass is 10.7. The number of alkyl halides is 4. The third-order valence-corrected chi connectivity index (χ3v) is 1.00. The molecule has 0 aromatic rings. The van der Waals surface area contributed by atoms with Crippen molar-refractivity contribution in [2.45, 2.75) is 24.8 Å². The van der Waals surface area contributed by atoms with Gasteiger partial charge in [-0.1, -0.05) is 0 Å². The first kappa shape index (κ1) is 11.2. The summed E-state index contributed by atoms with van der Waals surface area (Å²) in [6.45, 7) is 0. The second-order valence-corrected chi connectivity index (χ2v) is 2.22. The lowest BCUT2D eigenvalue weighted by Crippen LogP contribution is -2.21. The molecule has 0 heterocycles. The summed E-state index contributed by atoms with van der Waals surface area (Å²) >= 11 is 0. The van der Waals surface area contributed by atoms with Gasteiger partial charge in [0.25, 0.3) is 0 Å². The average Bonchev–Trinajstić information content (AvgIpc) is 2.44. The van der Waals surface area contributed by atoms with Crippen molar-refractivity contribution in [1.82, 2.24) is 0 Å². The fourth-order valence-corrected chi connectivity index (χ4v) is 0.181. The van der Waals surface area contributed by atoms with Gasteiger partial charge >= 0.3 is 12.1 Å². The number of halogens is 4. The molecular weight excluding hydrogens is 182 g/mol. The maximum Gasteiger partial charge on any atom is 0.490 e. The molecule has 1 aliphatic carbocycles. The van der Waals surface area contributed by atoms with Crippen molar-refractivity contribution < 1.29 is 27.5 Å². The van der Waals surface area contributed by atoms with Crippen molar-refractivity contribution in [3.8, 4) is 0 Å². The molecule has 7 heteroatoms. The number of carbonyl (C=O) groups is 1. The third kappa shape index (κ3) is 4.89. The first-order valence-corrected chi connectivity index (χ1v) is 2.95. The fraction of sp³-hybridized carbons (Fsp3) is 0.800. The van der Waals surface area contributed by atoms with Crippen LogP contribution in [0.5, 0.6) is 0 Å². The summed E-state index contributed by atoms with van der Waals surface area (Å²) in [6.07, 6.45) is -5.17. The predicted octanol–water partition coefficient (Wildman–Crippen LogP) is 0.689. The Balaban J connectivity index is 0.000000211. The normalized spacial score (nSPS) is 27.1. The van der Waals surface area contributed by atoms with Gasteiger partial charge < -0.3 is 10.8 Å². The summed E-state index contributed by atoms with van der Waals surface area (Å²) in [5.41, 5.74) is 4.99. The van der Waals surface area contributed by atoms with Crippen LogP contribution in [0.4, 0.5) is 17.6 Å². The van der Waals surface area contributed by atoms with Crippen LogP contribution in [0.25, 0.3) is 0 Å². The van der Waals surface area contributed by atoms with Crippen molar-refractivity contribution >= 4 is 5.97 Å². The van der Waals surface area contributed by atoms with Crippen LogP contribution < -0.4 is 5.73 Å². The highest BCUT2D eigenvalue weighted by molar-refractivity contribution is 5.73. The standard InChI is InChI=1S/C3H6FN.C2HF3O2/c4-2-1-3(2)5;3-2(4,5)1(6)7/h2-3H,1,5H2;(H,6,7). The molecule has 1 rings (SSSR count). The number of rotatable bonds is 0. The van der Waals surface area contributed by atoms with Crippen molar-refractivity contribution in [3.05, 3.63) is 0 Å². The van der Waals surface area contributed by atoms with Gasteiger partial charge in [0.05, 0.1) is 0 Å². The van der Waals surface area contributed by atoms with E-state index in [0.717, 1.165) is 0 Å². The van der Waals surface area contributed by atoms with E-state index < -0.39 is 18.3 Å². The van der Waals surface area contributed by atoms with Crippen molar-refractivity contribution in [3.63, 3.8) is 0 Å². The molecule has 0 aromatic heterocycles. The fourth-order valence-electron chi connectivity index (χ4n) is 0.181. The van der Waals surface area contributed by atoms with E-state index >= 15 is 0 Å². The summed E-state index contributed by atoms with van der Waals surface area (Å²) in [5, 5.41) is 7.12. The number of aliphatic carboxylic acids is 1. The van der Waals surface area contributed by atoms with Crippen molar-refractivity contribution in [2.75, 3.05) is 0 Å². The molecule has 2 unspecified atom stereocenters. The summed E-state index contributed by atoms with van der Waals surface area (Å²) in [7, 11) is 0. The van der Waals surface area contributed by atoms with Gasteiger partial charge in [-0.25, -0.2) is 9.18 Å². The van der Waals surface area contributed by atoms with E-state index in [2.05, 4.69) is 0 Å². The number of hydrogen-bond acceptors (Lipinski definition) is 2. The summed E-state index contributed by atoms with van der Waals surface area (Å²) in [5.74, 6) is -2.76. The number of carboxylic acid groups (broad SMARTS) is 1. The largest absolute Gasteiger partial charge is 0.490 e. The van der Waals surface area contributed by atoms with E-state index in [9.17, 15) is 17.6 Å². The Bertz CT molecular complexity index is 163. The molecule has 0 bridgehead atoms. The Hall–Kier alpha value is -0.850. The molecule has 72 valence electrons. The third-order valence-electron chi connectivity index (χ3n) is 1.00. The first-order valence-electron chi connectivity index (χ1n) is 2.95. The minimum absolute atomic E-state index is 0.116.